The largest absolute Gasteiger partial charge is 0.467 e. The highest BCUT2D eigenvalue weighted by Gasteiger charge is 2.26. The maximum atomic E-state index is 13.1. The van der Waals surface area contributed by atoms with Crippen LogP contribution in [-0.4, -0.2) is 39.2 Å². The Balaban J connectivity index is 1.63. The second-order valence-electron chi connectivity index (χ2n) is 8.06. The second-order valence-corrected chi connectivity index (χ2v) is 9.44. The van der Waals surface area contributed by atoms with Crippen LogP contribution < -0.4 is 5.56 Å². The van der Waals surface area contributed by atoms with Gasteiger partial charge in [-0.3, -0.25) is 14.2 Å². The summed E-state index contributed by atoms with van der Waals surface area (Å²) in [7, 11) is 0. The summed E-state index contributed by atoms with van der Waals surface area (Å²) in [4.78, 5) is 32.6. The Morgan fingerprint density at radius 2 is 2.03 bits per heavy atom. The number of likely N-dealkylation sites (tertiary alicyclic amines) is 1. The topological polar surface area (TPSA) is 68.3 Å². The summed E-state index contributed by atoms with van der Waals surface area (Å²) in [6.07, 6.45) is 2.72. The number of hydrogen-bond acceptors (Lipinski definition) is 5. The fraction of sp³-hybridized carbons (Fsp3) is 0.409. The van der Waals surface area contributed by atoms with Crippen LogP contribution in [0, 0.1) is 11.8 Å². The Hall–Kier alpha value is -2.25. The standard InChI is InChI=1S/C22H24ClN3O3S/c1-14-8-15(2)11-25(10-14)20(27)13-30-22-24-19-9-16(23)5-6-18(19)21(28)26(22)12-17-4-3-7-29-17/h3-7,9,14-15H,8,10-13H2,1-2H3. The fourth-order valence-electron chi connectivity index (χ4n) is 4.07. The predicted octanol–water partition coefficient (Wildman–Crippen LogP) is 4.29. The second kappa shape index (κ2) is 8.86. The van der Waals surface area contributed by atoms with E-state index < -0.39 is 0 Å². The first-order chi connectivity index (χ1) is 14.4. The Kier molecular flexibility index (Phi) is 6.20. The molecule has 1 aliphatic heterocycles. The minimum Gasteiger partial charge on any atom is -0.467 e. The van der Waals surface area contributed by atoms with Crippen molar-refractivity contribution in [1.82, 2.24) is 14.5 Å². The summed E-state index contributed by atoms with van der Waals surface area (Å²) in [5.74, 6) is 1.96. The van der Waals surface area contributed by atoms with Crippen LogP contribution in [0.5, 0.6) is 0 Å². The third kappa shape index (κ3) is 4.57. The highest BCUT2D eigenvalue weighted by molar-refractivity contribution is 7.99. The number of thioether (sulfide) groups is 1. The molecule has 0 spiro atoms. The number of carbonyl (C=O) groups excluding carboxylic acids is 1. The molecule has 1 aromatic carbocycles. The minimum atomic E-state index is -0.178. The molecule has 3 heterocycles. The molecular formula is C22H24ClN3O3S. The molecule has 1 saturated heterocycles. The summed E-state index contributed by atoms with van der Waals surface area (Å²) in [6, 6.07) is 8.63. The van der Waals surface area contributed by atoms with Crippen LogP contribution >= 0.6 is 23.4 Å². The molecule has 2 atom stereocenters. The number of benzene rings is 1. The van der Waals surface area contributed by atoms with Gasteiger partial charge < -0.3 is 9.32 Å². The van der Waals surface area contributed by atoms with Gasteiger partial charge in [0.05, 0.1) is 29.5 Å². The number of furan rings is 1. The number of piperidine rings is 1. The van der Waals surface area contributed by atoms with Gasteiger partial charge in [0.25, 0.3) is 5.56 Å². The number of fused-ring (bicyclic) bond motifs is 1. The molecule has 8 heteroatoms. The highest BCUT2D eigenvalue weighted by atomic mass is 35.5. The Labute approximate surface area is 184 Å². The van der Waals surface area contributed by atoms with E-state index in [9.17, 15) is 9.59 Å². The summed E-state index contributed by atoms with van der Waals surface area (Å²) >= 11 is 7.39. The van der Waals surface area contributed by atoms with Crippen LogP contribution in [0.25, 0.3) is 10.9 Å². The van der Waals surface area contributed by atoms with E-state index in [-0.39, 0.29) is 23.8 Å². The van der Waals surface area contributed by atoms with Crippen LogP contribution in [0.4, 0.5) is 0 Å². The SMILES string of the molecule is CC1CC(C)CN(C(=O)CSc2nc3cc(Cl)ccc3c(=O)n2Cc2ccco2)C1. The number of nitrogens with zero attached hydrogens (tertiary/aromatic N) is 3. The average molecular weight is 446 g/mol. The zero-order valence-corrected chi connectivity index (χ0v) is 18.6. The van der Waals surface area contributed by atoms with E-state index in [1.807, 2.05) is 11.0 Å². The monoisotopic (exact) mass is 445 g/mol. The van der Waals surface area contributed by atoms with E-state index in [0.717, 1.165) is 19.5 Å². The molecule has 1 fully saturated rings. The lowest BCUT2D eigenvalue weighted by atomic mass is 9.92. The average Bonchev–Trinajstić information content (AvgIpc) is 3.21. The van der Waals surface area contributed by atoms with Gasteiger partial charge in [-0.2, -0.15) is 0 Å². The van der Waals surface area contributed by atoms with Crippen molar-refractivity contribution >= 4 is 40.2 Å². The van der Waals surface area contributed by atoms with E-state index in [1.54, 1.807) is 35.1 Å². The van der Waals surface area contributed by atoms with E-state index in [2.05, 4.69) is 18.8 Å². The minimum absolute atomic E-state index is 0.0726. The smallest absolute Gasteiger partial charge is 0.262 e. The van der Waals surface area contributed by atoms with Gasteiger partial charge in [-0.1, -0.05) is 37.2 Å². The third-order valence-electron chi connectivity index (χ3n) is 5.32. The molecule has 1 aliphatic rings. The lowest BCUT2D eigenvalue weighted by molar-refractivity contribution is -0.130. The van der Waals surface area contributed by atoms with Crippen molar-refractivity contribution in [2.45, 2.75) is 32.0 Å². The van der Waals surface area contributed by atoms with Gasteiger partial charge in [-0.05, 0) is 48.6 Å². The normalized spacial score (nSPS) is 19.4. The van der Waals surface area contributed by atoms with Crippen molar-refractivity contribution < 1.29 is 9.21 Å². The molecule has 0 N–H and O–H groups in total. The van der Waals surface area contributed by atoms with Crippen molar-refractivity contribution in [2.75, 3.05) is 18.8 Å². The molecular weight excluding hydrogens is 422 g/mol. The van der Waals surface area contributed by atoms with E-state index in [4.69, 9.17) is 16.0 Å². The lowest BCUT2D eigenvalue weighted by Gasteiger charge is -2.35. The van der Waals surface area contributed by atoms with Crippen molar-refractivity contribution in [3.8, 4) is 0 Å². The van der Waals surface area contributed by atoms with Gasteiger partial charge in [0.2, 0.25) is 5.91 Å². The molecule has 2 aromatic heterocycles. The first-order valence-electron chi connectivity index (χ1n) is 10.0. The van der Waals surface area contributed by atoms with Crippen LogP contribution in [0.1, 0.15) is 26.0 Å². The molecule has 0 aliphatic carbocycles. The summed E-state index contributed by atoms with van der Waals surface area (Å²) in [5, 5.41) is 1.49. The molecule has 30 heavy (non-hydrogen) atoms. The number of rotatable bonds is 5. The molecule has 2 unspecified atom stereocenters. The van der Waals surface area contributed by atoms with Gasteiger partial charge in [-0.25, -0.2) is 4.98 Å². The van der Waals surface area contributed by atoms with Gasteiger partial charge >= 0.3 is 0 Å². The summed E-state index contributed by atoms with van der Waals surface area (Å²) < 4.78 is 6.99. The first kappa shape index (κ1) is 21.0. The summed E-state index contributed by atoms with van der Waals surface area (Å²) in [6.45, 7) is 6.18. The van der Waals surface area contributed by atoms with Gasteiger partial charge in [0, 0.05) is 18.1 Å². The zero-order chi connectivity index (χ0) is 21.3. The number of halogens is 1. The predicted molar refractivity (Wildman–Crippen MR) is 119 cm³/mol. The Bertz CT molecular complexity index is 1100. The highest BCUT2D eigenvalue weighted by Crippen LogP contribution is 2.24. The van der Waals surface area contributed by atoms with Crippen molar-refractivity contribution in [1.29, 1.82) is 0 Å². The Morgan fingerprint density at radius 3 is 2.73 bits per heavy atom. The van der Waals surface area contributed by atoms with Crippen LogP contribution in [-0.2, 0) is 11.3 Å². The first-order valence-corrected chi connectivity index (χ1v) is 11.4. The zero-order valence-electron chi connectivity index (χ0n) is 17.0. The number of carbonyl (C=O) groups is 1. The van der Waals surface area contributed by atoms with Crippen molar-refractivity contribution in [2.24, 2.45) is 11.8 Å². The van der Waals surface area contributed by atoms with E-state index in [0.29, 0.717) is 38.7 Å². The van der Waals surface area contributed by atoms with Gasteiger partial charge in [-0.15, -0.1) is 0 Å². The molecule has 0 bridgehead atoms. The molecule has 0 saturated carbocycles. The molecule has 0 radical (unpaired) electrons. The van der Waals surface area contributed by atoms with Crippen LogP contribution in [0.2, 0.25) is 5.02 Å². The number of aromatic nitrogens is 2. The van der Waals surface area contributed by atoms with E-state index >= 15 is 0 Å². The lowest BCUT2D eigenvalue weighted by Crippen LogP contribution is -2.43. The molecule has 6 nitrogen and oxygen atoms in total. The number of amides is 1. The quantitative estimate of drug-likeness (QED) is 0.433. The molecule has 1 amide bonds. The van der Waals surface area contributed by atoms with Crippen LogP contribution in [0.3, 0.4) is 0 Å². The maximum Gasteiger partial charge on any atom is 0.262 e. The molecule has 158 valence electrons. The number of hydrogen-bond donors (Lipinski definition) is 0. The third-order valence-corrected chi connectivity index (χ3v) is 6.52. The summed E-state index contributed by atoms with van der Waals surface area (Å²) in [5.41, 5.74) is 0.349. The van der Waals surface area contributed by atoms with Gasteiger partial charge in [0.15, 0.2) is 5.16 Å². The van der Waals surface area contributed by atoms with E-state index in [1.165, 1.54) is 11.8 Å². The molecule has 3 aromatic rings. The fourth-order valence-corrected chi connectivity index (χ4v) is 5.13. The molecule has 4 rings (SSSR count). The Morgan fingerprint density at radius 1 is 1.27 bits per heavy atom. The maximum absolute atomic E-state index is 13.1. The van der Waals surface area contributed by atoms with Crippen molar-refractivity contribution in [3.05, 3.63) is 57.7 Å². The van der Waals surface area contributed by atoms with Crippen LogP contribution in [0.15, 0.2) is 51.0 Å². The van der Waals surface area contributed by atoms with Gasteiger partial charge in [0.1, 0.15) is 5.76 Å². The van der Waals surface area contributed by atoms with Crippen molar-refractivity contribution in [3.63, 3.8) is 0 Å².